The van der Waals surface area contributed by atoms with E-state index in [9.17, 15) is 13.2 Å². The minimum atomic E-state index is -3.17. The van der Waals surface area contributed by atoms with Crippen LogP contribution < -0.4 is 5.32 Å². The van der Waals surface area contributed by atoms with Crippen LogP contribution in [0.5, 0.6) is 0 Å². The number of ether oxygens (including phenoxy) is 1. The Morgan fingerprint density at radius 1 is 1.39 bits per heavy atom. The molecule has 0 fully saturated rings. The van der Waals surface area contributed by atoms with Crippen LogP contribution in [0.2, 0.25) is 0 Å². The topological polar surface area (TPSA) is 72.5 Å². The van der Waals surface area contributed by atoms with Gasteiger partial charge in [0.2, 0.25) is 0 Å². The van der Waals surface area contributed by atoms with Crippen LogP contribution in [0.4, 0.5) is 0 Å². The highest BCUT2D eigenvalue weighted by atomic mass is 32.2. The number of carbonyl (C=O) groups excluding carboxylic acids is 1. The van der Waals surface area contributed by atoms with Crippen molar-refractivity contribution in [2.45, 2.75) is 50.8 Å². The van der Waals surface area contributed by atoms with E-state index in [0.29, 0.717) is 6.42 Å². The lowest BCUT2D eigenvalue weighted by molar-refractivity contribution is -0.143. The molecule has 0 aliphatic rings. The number of rotatable bonds is 8. The second kappa shape index (κ2) is 7.09. The average molecular weight is 279 g/mol. The van der Waals surface area contributed by atoms with Crippen LogP contribution in [-0.2, 0) is 19.4 Å². The predicted molar refractivity (Wildman–Crippen MR) is 72.3 cm³/mol. The zero-order chi connectivity index (χ0) is 14.4. The van der Waals surface area contributed by atoms with Gasteiger partial charge in [-0.3, -0.25) is 4.79 Å². The summed E-state index contributed by atoms with van der Waals surface area (Å²) in [5, 5.41) is 3.00. The SMILES string of the molecule is CCCCC(NCC(C)(C)S(C)(=O)=O)C(=O)OC. The Labute approximate surface area is 110 Å². The Kier molecular flexibility index (Phi) is 6.84. The van der Waals surface area contributed by atoms with Crippen LogP contribution in [0.3, 0.4) is 0 Å². The van der Waals surface area contributed by atoms with Gasteiger partial charge in [0.25, 0.3) is 0 Å². The van der Waals surface area contributed by atoms with E-state index >= 15 is 0 Å². The van der Waals surface area contributed by atoms with E-state index in [1.165, 1.54) is 13.4 Å². The van der Waals surface area contributed by atoms with Gasteiger partial charge in [-0.1, -0.05) is 19.8 Å². The fraction of sp³-hybridized carbons (Fsp3) is 0.917. The molecule has 108 valence electrons. The lowest BCUT2D eigenvalue weighted by Gasteiger charge is -2.25. The summed E-state index contributed by atoms with van der Waals surface area (Å²) in [7, 11) is -1.83. The minimum absolute atomic E-state index is 0.231. The molecule has 1 N–H and O–H groups in total. The van der Waals surface area contributed by atoms with Crippen molar-refractivity contribution in [1.82, 2.24) is 5.32 Å². The molecule has 0 spiro atoms. The molecule has 0 bridgehead atoms. The highest BCUT2D eigenvalue weighted by Gasteiger charge is 2.31. The number of esters is 1. The van der Waals surface area contributed by atoms with Crippen molar-refractivity contribution >= 4 is 15.8 Å². The lowest BCUT2D eigenvalue weighted by Crippen LogP contribution is -2.48. The standard InChI is InChI=1S/C12H25NO4S/c1-6-7-8-10(11(14)17-4)13-9-12(2,3)18(5,15)16/h10,13H,6-9H2,1-5H3. The van der Waals surface area contributed by atoms with E-state index in [1.54, 1.807) is 13.8 Å². The average Bonchev–Trinajstić information content (AvgIpc) is 2.26. The van der Waals surface area contributed by atoms with Gasteiger partial charge in [0.15, 0.2) is 9.84 Å². The van der Waals surface area contributed by atoms with Crippen molar-refractivity contribution < 1.29 is 17.9 Å². The third-order valence-electron chi connectivity index (χ3n) is 3.11. The highest BCUT2D eigenvalue weighted by Crippen LogP contribution is 2.14. The number of hydrogen-bond donors (Lipinski definition) is 1. The second-order valence-corrected chi connectivity index (χ2v) is 7.78. The zero-order valence-electron chi connectivity index (χ0n) is 11.9. The van der Waals surface area contributed by atoms with Crippen molar-refractivity contribution in [3.05, 3.63) is 0 Å². The summed E-state index contributed by atoms with van der Waals surface area (Å²) in [4.78, 5) is 11.6. The third-order valence-corrected chi connectivity index (χ3v) is 5.26. The van der Waals surface area contributed by atoms with Gasteiger partial charge in [0, 0.05) is 12.8 Å². The van der Waals surface area contributed by atoms with Crippen LogP contribution in [0, 0.1) is 0 Å². The molecule has 1 unspecified atom stereocenters. The molecular formula is C12H25NO4S. The summed E-state index contributed by atoms with van der Waals surface area (Å²) in [6.07, 6.45) is 3.73. The van der Waals surface area contributed by atoms with Crippen LogP contribution in [0.1, 0.15) is 40.0 Å². The first-order chi connectivity index (χ1) is 8.15. The van der Waals surface area contributed by atoms with Crippen molar-refractivity contribution in [2.75, 3.05) is 19.9 Å². The molecule has 0 saturated carbocycles. The van der Waals surface area contributed by atoms with Crippen molar-refractivity contribution in [3.8, 4) is 0 Å². The summed E-state index contributed by atoms with van der Waals surface area (Å²) < 4.78 is 26.9. The first-order valence-corrected chi connectivity index (χ1v) is 8.05. The van der Waals surface area contributed by atoms with Crippen LogP contribution in [0.15, 0.2) is 0 Å². The van der Waals surface area contributed by atoms with Gasteiger partial charge in [-0.2, -0.15) is 0 Å². The number of hydrogen-bond acceptors (Lipinski definition) is 5. The Hall–Kier alpha value is -0.620. The summed E-state index contributed by atoms with van der Waals surface area (Å²) >= 11 is 0. The van der Waals surface area contributed by atoms with Crippen molar-refractivity contribution in [3.63, 3.8) is 0 Å². The maximum Gasteiger partial charge on any atom is 0.322 e. The first-order valence-electron chi connectivity index (χ1n) is 6.16. The number of unbranched alkanes of at least 4 members (excludes halogenated alkanes) is 1. The maximum atomic E-state index is 11.6. The molecule has 0 aliphatic heterocycles. The smallest absolute Gasteiger partial charge is 0.322 e. The van der Waals surface area contributed by atoms with Gasteiger partial charge in [-0.25, -0.2) is 8.42 Å². The molecule has 0 radical (unpaired) electrons. The fourth-order valence-corrected chi connectivity index (χ4v) is 1.70. The van der Waals surface area contributed by atoms with Crippen LogP contribution in [-0.4, -0.2) is 45.1 Å². The molecule has 0 aromatic carbocycles. The normalized spacial score (nSPS) is 14.3. The molecule has 6 heteroatoms. The molecule has 18 heavy (non-hydrogen) atoms. The predicted octanol–water partition coefficient (Wildman–Crippen LogP) is 1.13. The van der Waals surface area contributed by atoms with E-state index in [4.69, 9.17) is 4.74 Å². The van der Waals surface area contributed by atoms with Gasteiger partial charge in [-0.05, 0) is 20.3 Å². The van der Waals surface area contributed by atoms with Gasteiger partial charge >= 0.3 is 5.97 Å². The number of nitrogens with one attached hydrogen (secondary N) is 1. The van der Waals surface area contributed by atoms with Gasteiger partial charge in [0.05, 0.1) is 11.9 Å². The molecule has 0 aromatic heterocycles. The Morgan fingerprint density at radius 2 is 1.94 bits per heavy atom. The van der Waals surface area contributed by atoms with Crippen LogP contribution in [0.25, 0.3) is 0 Å². The molecule has 1 atom stereocenters. The molecule has 0 aliphatic carbocycles. The van der Waals surface area contributed by atoms with Crippen molar-refractivity contribution in [2.24, 2.45) is 0 Å². The van der Waals surface area contributed by atoms with Crippen molar-refractivity contribution in [1.29, 1.82) is 0 Å². The molecule has 0 rings (SSSR count). The summed E-state index contributed by atoms with van der Waals surface area (Å²) in [6.45, 7) is 5.55. The fourth-order valence-electron chi connectivity index (χ4n) is 1.35. The summed E-state index contributed by atoms with van der Waals surface area (Å²) in [5.74, 6) is -0.340. The lowest BCUT2D eigenvalue weighted by atomic mass is 10.1. The van der Waals surface area contributed by atoms with Crippen LogP contribution >= 0.6 is 0 Å². The zero-order valence-corrected chi connectivity index (χ0v) is 12.8. The molecule has 0 aromatic rings. The van der Waals surface area contributed by atoms with Gasteiger partial charge in [0.1, 0.15) is 6.04 Å². The highest BCUT2D eigenvalue weighted by molar-refractivity contribution is 7.92. The first kappa shape index (κ1) is 17.4. The largest absolute Gasteiger partial charge is 0.468 e. The Morgan fingerprint density at radius 3 is 2.33 bits per heavy atom. The molecule has 0 heterocycles. The summed E-state index contributed by atoms with van der Waals surface area (Å²) in [5.41, 5.74) is 0. The third kappa shape index (κ3) is 5.35. The number of carbonyl (C=O) groups is 1. The number of methoxy groups -OCH3 is 1. The van der Waals surface area contributed by atoms with E-state index < -0.39 is 20.6 Å². The minimum Gasteiger partial charge on any atom is -0.468 e. The van der Waals surface area contributed by atoms with E-state index in [0.717, 1.165) is 12.8 Å². The second-order valence-electron chi connectivity index (χ2n) is 5.13. The van der Waals surface area contributed by atoms with Gasteiger partial charge < -0.3 is 10.1 Å². The van der Waals surface area contributed by atoms with E-state index in [1.807, 2.05) is 6.92 Å². The quantitative estimate of drug-likeness (QED) is 0.674. The molecular weight excluding hydrogens is 254 g/mol. The monoisotopic (exact) mass is 279 g/mol. The van der Waals surface area contributed by atoms with E-state index in [-0.39, 0.29) is 12.5 Å². The van der Waals surface area contributed by atoms with Gasteiger partial charge in [-0.15, -0.1) is 0 Å². The maximum absolute atomic E-state index is 11.6. The number of sulfone groups is 1. The Balaban J connectivity index is 4.56. The summed E-state index contributed by atoms with van der Waals surface area (Å²) in [6, 6.07) is -0.434. The Bertz CT molecular complexity index is 362. The molecule has 5 nitrogen and oxygen atoms in total. The molecule has 0 saturated heterocycles. The van der Waals surface area contributed by atoms with E-state index in [2.05, 4.69) is 5.32 Å². The molecule has 0 amide bonds.